The van der Waals surface area contributed by atoms with Gasteiger partial charge in [-0.1, -0.05) is 12.0 Å². The Bertz CT molecular complexity index is 453. The molecule has 0 bridgehead atoms. The van der Waals surface area contributed by atoms with Gasteiger partial charge >= 0.3 is 0 Å². The van der Waals surface area contributed by atoms with Crippen LogP contribution in [0.2, 0.25) is 0 Å². The van der Waals surface area contributed by atoms with Gasteiger partial charge in [-0.15, -0.1) is 11.5 Å². The van der Waals surface area contributed by atoms with E-state index >= 15 is 0 Å². The molecule has 0 radical (unpaired) electrons. The minimum Gasteiger partial charge on any atom is -0.369 e. The molecule has 0 saturated heterocycles. The predicted molar refractivity (Wildman–Crippen MR) is 57.7 cm³/mol. The van der Waals surface area contributed by atoms with Crippen molar-refractivity contribution in [2.24, 2.45) is 21.7 Å². The number of hydrogen-bond donors (Lipinski definition) is 2. The van der Waals surface area contributed by atoms with Gasteiger partial charge < -0.3 is 11.5 Å². The number of halogens is 1. The van der Waals surface area contributed by atoms with Crippen LogP contribution < -0.4 is 11.5 Å². The van der Waals surface area contributed by atoms with Crippen molar-refractivity contribution in [3.8, 4) is 12.3 Å². The van der Waals surface area contributed by atoms with Gasteiger partial charge in [-0.05, 0) is 12.1 Å². The summed E-state index contributed by atoms with van der Waals surface area (Å²) in [5.74, 6) is 1.66. The second-order valence-electron chi connectivity index (χ2n) is 2.61. The molecule has 76 valence electrons. The lowest BCUT2D eigenvalue weighted by molar-refractivity contribution is 0.625. The highest BCUT2D eigenvalue weighted by atomic mass is 19.1. The van der Waals surface area contributed by atoms with Crippen LogP contribution in [0, 0.1) is 18.2 Å². The van der Waals surface area contributed by atoms with E-state index in [1.165, 1.54) is 18.3 Å². The number of hydrogen-bond acceptors (Lipinski definition) is 2. The summed E-state index contributed by atoms with van der Waals surface area (Å²) < 4.78 is 13.3. The molecule has 0 aromatic heterocycles. The largest absolute Gasteiger partial charge is 0.369 e. The van der Waals surface area contributed by atoms with Gasteiger partial charge in [-0.2, -0.15) is 5.10 Å². The van der Waals surface area contributed by atoms with Crippen molar-refractivity contribution in [1.29, 1.82) is 0 Å². The summed E-state index contributed by atoms with van der Waals surface area (Å²) in [5.41, 5.74) is 10.7. The van der Waals surface area contributed by atoms with Crippen molar-refractivity contribution in [3.63, 3.8) is 0 Å². The molecule has 15 heavy (non-hydrogen) atoms. The first kappa shape index (κ1) is 10.7. The van der Waals surface area contributed by atoms with Crippen LogP contribution in [0.25, 0.3) is 0 Å². The van der Waals surface area contributed by atoms with E-state index in [1.807, 2.05) is 0 Å². The summed E-state index contributed by atoms with van der Waals surface area (Å²) >= 11 is 0. The molecule has 0 aliphatic rings. The van der Waals surface area contributed by atoms with Gasteiger partial charge in [0, 0.05) is 11.1 Å². The molecule has 5 heteroatoms. The van der Waals surface area contributed by atoms with Crippen molar-refractivity contribution in [3.05, 3.63) is 35.1 Å². The molecule has 0 heterocycles. The lowest BCUT2D eigenvalue weighted by atomic mass is 10.1. The van der Waals surface area contributed by atoms with Crippen LogP contribution in [0.5, 0.6) is 0 Å². The first-order chi connectivity index (χ1) is 7.15. The fraction of sp³-hybridized carbons (Fsp3) is 0. The summed E-state index contributed by atoms with van der Waals surface area (Å²) in [6.07, 6.45) is 6.36. The maximum Gasteiger partial charge on any atom is 0.211 e. The summed E-state index contributed by atoms with van der Waals surface area (Å²) in [7, 11) is 0. The number of nitrogens with two attached hydrogens (primary N) is 2. The van der Waals surface area contributed by atoms with E-state index in [4.69, 9.17) is 17.9 Å². The fourth-order valence-electron chi connectivity index (χ4n) is 0.947. The molecule has 1 rings (SSSR count). The van der Waals surface area contributed by atoms with Crippen molar-refractivity contribution in [1.82, 2.24) is 0 Å². The molecule has 1 aromatic rings. The molecule has 0 spiro atoms. The van der Waals surface area contributed by atoms with Gasteiger partial charge in [-0.3, -0.25) is 0 Å². The number of benzene rings is 1. The van der Waals surface area contributed by atoms with Gasteiger partial charge in [0.2, 0.25) is 5.96 Å². The quantitative estimate of drug-likeness (QED) is 0.317. The first-order valence-electron chi connectivity index (χ1n) is 4.02. The molecule has 0 saturated carbocycles. The van der Waals surface area contributed by atoms with Crippen LogP contribution in [0.1, 0.15) is 11.1 Å². The highest BCUT2D eigenvalue weighted by Crippen LogP contribution is 2.09. The maximum atomic E-state index is 13.3. The predicted octanol–water partition coefficient (Wildman–Crippen LogP) is 0.414. The first-order valence-corrected chi connectivity index (χ1v) is 4.02. The van der Waals surface area contributed by atoms with E-state index in [0.29, 0.717) is 5.56 Å². The van der Waals surface area contributed by atoms with Crippen molar-refractivity contribution in [2.75, 3.05) is 0 Å². The van der Waals surface area contributed by atoms with Gasteiger partial charge in [-0.25, -0.2) is 4.39 Å². The Kier molecular flexibility index (Phi) is 3.41. The highest BCUT2D eigenvalue weighted by Gasteiger charge is 2.03. The topological polar surface area (TPSA) is 76.8 Å². The molecule has 0 aliphatic heterocycles. The van der Waals surface area contributed by atoms with Crippen molar-refractivity contribution < 1.29 is 4.39 Å². The SMILES string of the molecule is C#Cc1cccc(F)c1C=NN=C(N)N. The second kappa shape index (κ2) is 4.77. The van der Waals surface area contributed by atoms with Crippen molar-refractivity contribution in [2.45, 2.75) is 0 Å². The highest BCUT2D eigenvalue weighted by molar-refractivity contribution is 5.84. The Morgan fingerprint density at radius 3 is 2.80 bits per heavy atom. The standard InChI is InChI=1S/C10H9FN4/c1-2-7-4-3-5-9(11)8(7)6-14-15-10(12)13/h1,3-6H,(H4,12,13,15). The van der Waals surface area contributed by atoms with Gasteiger partial charge in [0.25, 0.3) is 0 Å². The Balaban J connectivity index is 3.09. The molecule has 0 atom stereocenters. The lowest BCUT2D eigenvalue weighted by Crippen LogP contribution is -2.21. The number of nitrogens with zero attached hydrogens (tertiary/aromatic N) is 2. The Labute approximate surface area is 86.5 Å². The molecule has 1 aromatic carbocycles. The number of guanidine groups is 1. The average molecular weight is 204 g/mol. The monoisotopic (exact) mass is 204 g/mol. The minimum absolute atomic E-state index is 0.185. The third kappa shape index (κ3) is 2.81. The third-order valence-electron chi connectivity index (χ3n) is 1.57. The number of terminal acetylenes is 1. The summed E-state index contributed by atoms with van der Waals surface area (Å²) in [5, 5.41) is 6.83. The molecule has 0 unspecified atom stereocenters. The summed E-state index contributed by atoms with van der Waals surface area (Å²) in [6, 6.07) is 4.39. The van der Waals surface area contributed by atoms with E-state index in [0.717, 1.165) is 0 Å². The second-order valence-corrected chi connectivity index (χ2v) is 2.61. The normalized spacial score (nSPS) is 9.87. The zero-order chi connectivity index (χ0) is 11.3. The summed E-state index contributed by atoms with van der Waals surface area (Å²) in [6.45, 7) is 0. The van der Waals surface area contributed by atoms with Crippen molar-refractivity contribution >= 4 is 12.2 Å². The smallest absolute Gasteiger partial charge is 0.211 e. The van der Waals surface area contributed by atoms with E-state index in [2.05, 4.69) is 16.1 Å². The Hall–Kier alpha value is -2.35. The van der Waals surface area contributed by atoms with Gasteiger partial charge in [0.1, 0.15) is 5.82 Å². The van der Waals surface area contributed by atoms with Gasteiger partial charge in [0.15, 0.2) is 0 Å². The molecule has 0 aliphatic carbocycles. The van der Waals surface area contributed by atoms with E-state index < -0.39 is 5.82 Å². The van der Waals surface area contributed by atoms with Crippen LogP contribution in [0.15, 0.2) is 28.4 Å². The Morgan fingerprint density at radius 1 is 1.47 bits per heavy atom. The minimum atomic E-state index is -0.472. The molecular formula is C10H9FN4. The van der Waals surface area contributed by atoms with E-state index in [9.17, 15) is 4.39 Å². The zero-order valence-electron chi connectivity index (χ0n) is 7.81. The van der Waals surface area contributed by atoms with Crippen LogP contribution in [-0.2, 0) is 0 Å². The number of rotatable bonds is 2. The van der Waals surface area contributed by atoms with Gasteiger partial charge in [0.05, 0.1) is 6.21 Å². The van der Waals surface area contributed by atoms with E-state index in [-0.39, 0.29) is 11.5 Å². The lowest BCUT2D eigenvalue weighted by Gasteiger charge is -1.98. The Morgan fingerprint density at radius 2 is 2.20 bits per heavy atom. The van der Waals surface area contributed by atoms with Crippen LogP contribution in [-0.4, -0.2) is 12.2 Å². The molecule has 4 nitrogen and oxygen atoms in total. The zero-order valence-corrected chi connectivity index (χ0v) is 7.81. The molecule has 0 fully saturated rings. The maximum absolute atomic E-state index is 13.3. The van der Waals surface area contributed by atoms with E-state index in [1.54, 1.807) is 6.07 Å². The fourth-order valence-corrected chi connectivity index (χ4v) is 0.947. The third-order valence-corrected chi connectivity index (χ3v) is 1.57. The average Bonchev–Trinajstić information content (AvgIpc) is 2.20. The van der Waals surface area contributed by atoms with Crippen LogP contribution >= 0.6 is 0 Å². The summed E-state index contributed by atoms with van der Waals surface area (Å²) in [4.78, 5) is 0. The molecule has 4 N–H and O–H groups in total. The van der Waals surface area contributed by atoms with Crippen LogP contribution in [0.4, 0.5) is 4.39 Å². The molecule has 0 amide bonds. The molecular weight excluding hydrogens is 195 g/mol. The van der Waals surface area contributed by atoms with Crippen LogP contribution in [0.3, 0.4) is 0 Å².